The Balaban J connectivity index is 1.77. The van der Waals surface area contributed by atoms with Crippen LogP contribution < -0.4 is 9.80 Å². The van der Waals surface area contributed by atoms with E-state index in [0.717, 1.165) is 24.3 Å². The molecule has 7 heteroatoms. The molecule has 2 heterocycles. The number of aromatic nitrogens is 3. The van der Waals surface area contributed by atoms with Crippen molar-refractivity contribution in [3.63, 3.8) is 0 Å². The van der Waals surface area contributed by atoms with E-state index in [2.05, 4.69) is 15.2 Å². The molecule has 1 aromatic carbocycles. The first-order valence-corrected chi connectivity index (χ1v) is 6.71. The maximum atomic E-state index is 12.1. The van der Waals surface area contributed by atoms with Gasteiger partial charge in [-0.05, 0) is 30.7 Å². The topological polar surface area (TPSA) is 82.2 Å². The Labute approximate surface area is 121 Å². The lowest BCUT2D eigenvalue weighted by Crippen LogP contribution is -2.27. The van der Waals surface area contributed by atoms with E-state index in [1.165, 1.54) is 11.2 Å². The number of hydrogen-bond acceptors (Lipinski definition) is 4. The lowest BCUT2D eigenvalue weighted by Gasteiger charge is -2.19. The first kappa shape index (κ1) is 13.3. The first-order valence-electron chi connectivity index (χ1n) is 6.71. The van der Waals surface area contributed by atoms with Gasteiger partial charge in [-0.15, -0.1) is 5.10 Å². The summed E-state index contributed by atoms with van der Waals surface area (Å²) in [4.78, 5) is 30.9. The number of H-pyrrole nitrogens is 1. The van der Waals surface area contributed by atoms with Crippen LogP contribution in [0.2, 0.25) is 0 Å². The highest BCUT2D eigenvalue weighted by Crippen LogP contribution is 2.24. The molecule has 0 atom stereocenters. The van der Waals surface area contributed by atoms with Gasteiger partial charge in [0.15, 0.2) is 0 Å². The van der Waals surface area contributed by atoms with Crippen LogP contribution in [0.25, 0.3) is 0 Å². The third-order valence-corrected chi connectivity index (χ3v) is 3.53. The van der Waals surface area contributed by atoms with Gasteiger partial charge in [0.05, 0.1) is 0 Å². The standard InChI is InChI=1S/C14H15N5O2/c1-18(14(21)13-15-9-16-17-13)10-4-6-11(7-5-10)19-8-2-3-12(19)20/h4-7,9H,2-3,8H2,1H3,(H,15,16,17). The van der Waals surface area contributed by atoms with E-state index < -0.39 is 0 Å². The number of carbonyl (C=O) groups is 2. The minimum atomic E-state index is -0.291. The molecule has 1 aliphatic heterocycles. The Morgan fingerprint density at radius 1 is 1.33 bits per heavy atom. The van der Waals surface area contributed by atoms with Gasteiger partial charge >= 0.3 is 0 Å². The molecule has 21 heavy (non-hydrogen) atoms. The van der Waals surface area contributed by atoms with Crippen molar-refractivity contribution in [2.24, 2.45) is 0 Å². The van der Waals surface area contributed by atoms with Crippen LogP contribution in [0.1, 0.15) is 23.5 Å². The maximum absolute atomic E-state index is 12.1. The molecule has 7 nitrogen and oxygen atoms in total. The van der Waals surface area contributed by atoms with Crippen LogP contribution >= 0.6 is 0 Å². The molecule has 0 radical (unpaired) electrons. The van der Waals surface area contributed by atoms with E-state index in [0.29, 0.717) is 6.42 Å². The van der Waals surface area contributed by atoms with Crippen molar-refractivity contribution in [2.75, 3.05) is 23.4 Å². The van der Waals surface area contributed by atoms with E-state index in [1.54, 1.807) is 11.9 Å². The molecule has 1 saturated heterocycles. The number of nitrogens with zero attached hydrogens (tertiary/aromatic N) is 4. The zero-order valence-electron chi connectivity index (χ0n) is 11.6. The first-order chi connectivity index (χ1) is 10.2. The van der Waals surface area contributed by atoms with Crippen LogP contribution in [0.15, 0.2) is 30.6 Å². The number of anilines is 2. The number of carbonyl (C=O) groups excluding carboxylic acids is 2. The predicted molar refractivity (Wildman–Crippen MR) is 77.1 cm³/mol. The number of aromatic amines is 1. The van der Waals surface area contributed by atoms with Crippen LogP contribution in [-0.2, 0) is 4.79 Å². The van der Waals surface area contributed by atoms with E-state index in [9.17, 15) is 9.59 Å². The molecule has 2 amide bonds. The van der Waals surface area contributed by atoms with Crippen molar-refractivity contribution in [3.05, 3.63) is 36.4 Å². The Bertz CT molecular complexity index is 651. The van der Waals surface area contributed by atoms with Crippen molar-refractivity contribution in [1.29, 1.82) is 0 Å². The number of nitrogens with one attached hydrogen (secondary N) is 1. The van der Waals surface area contributed by atoms with Crippen LogP contribution in [0.3, 0.4) is 0 Å². The monoisotopic (exact) mass is 285 g/mol. The molecule has 1 aliphatic rings. The quantitative estimate of drug-likeness (QED) is 0.919. The summed E-state index contributed by atoms with van der Waals surface area (Å²) in [6.07, 6.45) is 2.86. The van der Waals surface area contributed by atoms with Crippen molar-refractivity contribution < 1.29 is 9.59 Å². The molecular formula is C14H15N5O2. The average Bonchev–Trinajstić information content (AvgIpc) is 3.17. The van der Waals surface area contributed by atoms with Gasteiger partial charge in [-0.25, -0.2) is 4.98 Å². The van der Waals surface area contributed by atoms with Crippen molar-refractivity contribution in [1.82, 2.24) is 15.2 Å². The molecule has 1 fully saturated rings. The lowest BCUT2D eigenvalue weighted by atomic mass is 10.2. The molecule has 0 unspecified atom stereocenters. The molecule has 3 rings (SSSR count). The summed E-state index contributed by atoms with van der Waals surface area (Å²) >= 11 is 0. The minimum absolute atomic E-state index is 0.122. The van der Waals surface area contributed by atoms with E-state index in [-0.39, 0.29) is 17.6 Å². The Morgan fingerprint density at radius 2 is 2.10 bits per heavy atom. The van der Waals surface area contributed by atoms with E-state index in [1.807, 2.05) is 24.3 Å². The summed E-state index contributed by atoms with van der Waals surface area (Å²) in [7, 11) is 1.66. The van der Waals surface area contributed by atoms with Crippen LogP contribution in [0.4, 0.5) is 11.4 Å². The fraction of sp³-hybridized carbons (Fsp3) is 0.286. The molecule has 0 saturated carbocycles. The van der Waals surface area contributed by atoms with Gasteiger partial charge in [-0.1, -0.05) is 0 Å². The Kier molecular flexibility index (Phi) is 3.39. The largest absolute Gasteiger partial charge is 0.312 e. The van der Waals surface area contributed by atoms with Crippen molar-refractivity contribution in [2.45, 2.75) is 12.8 Å². The number of benzene rings is 1. The van der Waals surface area contributed by atoms with Crippen molar-refractivity contribution in [3.8, 4) is 0 Å². The summed E-state index contributed by atoms with van der Waals surface area (Å²) < 4.78 is 0. The molecule has 0 spiro atoms. The van der Waals surface area contributed by atoms with Gasteiger partial charge in [-0.2, -0.15) is 0 Å². The summed E-state index contributed by atoms with van der Waals surface area (Å²) in [6.45, 7) is 0.754. The minimum Gasteiger partial charge on any atom is -0.312 e. The summed E-state index contributed by atoms with van der Waals surface area (Å²) in [5.74, 6) is -0.0227. The van der Waals surface area contributed by atoms with Gasteiger partial charge in [-0.3, -0.25) is 14.7 Å². The highest BCUT2D eigenvalue weighted by molar-refractivity contribution is 6.03. The number of hydrogen-bond donors (Lipinski definition) is 1. The summed E-state index contributed by atoms with van der Waals surface area (Å²) in [6, 6.07) is 7.32. The highest BCUT2D eigenvalue weighted by Gasteiger charge is 2.22. The second-order valence-electron chi connectivity index (χ2n) is 4.85. The van der Waals surface area contributed by atoms with Gasteiger partial charge in [0.25, 0.3) is 5.91 Å². The highest BCUT2D eigenvalue weighted by atomic mass is 16.2. The SMILES string of the molecule is CN(C(=O)c1nc[nH]n1)c1ccc(N2CCCC2=O)cc1. The zero-order chi connectivity index (χ0) is 14.8. The molecule has 0 aliphatic carbocycles. The lowest BCUT2D eigenvalue weighted by molar-refractivity contribution is -0.117. The molecule has 1 aromatic heterocycles. The third kappa shape index (κ3) is 2.49. The average molecular weight is 285 g/mol. The molecule has 1 N–H and O–H groups in total. The third-order valence-electron chi connectivity index (χ3n) is 3.53. The van der Waals surface area contributed by atoms with Gasteiger partial charge in [0.2, 0.25) is 11.7 Å². The molecule has 2 aromatic rings. The number of rotatable bonds is 3. The summed E-state index contributed by atoms with van der Waals surface area (Å²) in [5.41, 5.74) is 1.58. The van der Waals surface area contributed by atoms with E-state index in [4.69, 9.17) is 0 Å². The maximum Gasteiger partial charge on any atom is 0.297 e. The Hall–Kier alpha value is -2.70. The molecule has 108 valence electrons. The van der Waals surface area contributed by atoms with Gasteiger partial charge in [0, 0.05) is 31.4 Å². The van der Waals surface area contributed by atoms with Gasteiger partial charge in [0.1, 0.15) is 6.33 Å². The van der Waals surface area contributed by atoms with Crippen molar-refractivity contribution >= 4 is 23.2 Å². The zero-order valence-corrected chi connectivity index (χ0v) is 11.6. The fourth-order valence-corrected chi connectivity index (χ4v) is 2.36. The molecule has 0 bridgehead atoms. The van der Waals surface area contributed by atoms with Gasteiger partial charge < -0.3 is 9.80 Å². The van der Waals surface area contributed by atoms with Crippen LogP contribution in [0, 0.1) is 0 Å². The van der Waals surface area contributed by atoms with Crippen LogP contribution in [-0.4, -0.2) is 40.6 Å². The second-order valence-corrected chi connectivity index (χ2v) is 4.85. The summed E-state index contributed by atoms with van der Waals surface area (Å²) in [5, 5.41) is 6.29. The smallest absolute Gasteiger partial charge is 0.297 e. The predicted octanol–water partition coefficient (Wildman–Crippen LogP) is 1.21. The fourth-order valence-electron chi connectivity index (χ4n) is 2.36. The van der Waals surface area contributed by atoms with Crippen LogP contribution in [0.5, 0.6) is 0 Å². The number of amides is 2. The second kappa shape index (κ2) is 5.35. The molecular weight excluding hydrogens is 270 g/mol. The Morgan fingerprint density at radius 3 is 2.67 bits per heavy atom. The normalized spacial score (nSPS) is 14.5. The van der Waals surface area contributed by atoms with E-state index >= 15 is 0 Å².